The number of carbonyl (C=O) groups excluding carboxylic acids is 1. The number of hydrogen-bond acceptors (Lipinski definition) is 4. The number of nitrogens with zero attached hydrogens (tertiary/aromatic N) is 4. The van der Waals surface area contributed by atoms with E-state index in [0.717, 1.165) is 6.20 Å². The van der Waals surface area contributed by atoms with E-state index in [4.69, 9.17) is 16.7 Å². The largest absolute Gasteiger partial charge is 0.478 e. The van der Waals surface area contributed by atoms with Gasteiger partial charge in [0.15, 0.2) is 0 Å². The second kappa shape index (κ2) is 6.96. The summed E-state index contributed by atoms with van der Waals surface area (Å²) in [5.41, 5.74) is 0.752. The van der Waals surface area contributed by atoms with Crippen molar-refractivity contribution in [2.75, 3.05) is 5.32 Å². The zero-order valence-electron chi connectivity index (χ0n) is 13.5. The van der Waals surface area contributed by atoms with E-state index in [9.17, 15) is 14.0 Å². The van der Waals surface area contributed by atoms with E-state index in [2.05, 4.69) is 15.5 Å². The summed E-state index contributed by atoms with van der Waals surface area (Å²) in [6.45, 7) is 0.279. The molecule has 0 aliphatic heterocycles. The number of benzene rings is 1. The van der Waals surface area contributed by atoms with Crippen molar-refractivity contribution in [3.63, 3.8) is 0 Å². The molecule has 2 heterocycles. The topological polar surface area (TPSA) is 102 Å². The van der Waals surface area contributed by atoms with E-state index < -0.39 is 17.7 Å². The number of rotatable bonds is 5. The molecule has 26 heavy (non-hydrogen) atoms. The fourth-order valence-corrected chi connectivity index (χ4v) is 2.62. The van der Waals surface area contributed by atoms with E-state index in [-0.39, 0.29) is 22.8 Å². The number of carboxylic acids is 1. The van der Waals surface area contributed by atoms with Gasteiger partial charge in [-0.05, 0) is 17.7 Å². The number of aromatic carboxylic acids is 1. The molecule has 0 saturated heterocycles. The molecule has 0 aliphatic rings. The van der Waals surface area contributed by atoms with Gasteiger partial charge in [0.1, 0.15) is 17.1 Å². The van der Waals surface area contributed by atoms with Crippen molar-refractivity contribution in [2.24, 2.45) is 7.05 Å². The molecule has 8 nitrogen and oxygen atoms in total. The highest BCUT2D eigenvalue weighted by Crippen LogP contribution is 2.19. The summed E-state index contributed by atoms with van der Waals surface area (Å²) in [5, 5.41) is 19.8. The zero-order valence-corrected chi connectivity index (χ0v) is 14.2. The number of aromatic nitrogens is 4. The molecule has 0 saturated carbocycles. The first-order valence-electron chi connectivity index (χ1n) is 7.38. The van der Waals surface area contributed by atoms with E-state index in [1.165, 1.54) is 34.7 Å². The van der Waals surface area contributed by atoms with Gasteiger partial charge in [-0.25, -0.2) is 9.18 Å². The Hall–Kier alpha value is -3.20. The highest BCUT2D eigenvalue weighted by atomic mass is 35.5. The summed E-state index contributed by atoms with van der Waals surface area (Å²) >= 11 is 5.99. The van der Waals surface area contributed by atoms with Crippen LogP contribution in [-0.4, -0.2) is 36.5 Å². The van der Waals surface area contributed by atoms with Crippen LogP contribution in [0.25, 0.3) is 0 Å². The van der Waals surface area contributed by atoms with Gasteiger partial charge in [0.2, 0.25) is 0 Å². The van der Waals surface area contributed by atoms with Gasteiger partial charge >= 0.3 is 5.97 Å². The third-order valence-electron chi connectivity index (χ3n) is 3.62. The maximum atomic E-state index is 13.1. The van der Waals surface area contributed by atoms with Gasteiger partial charge in [0.25, 0.3) is 5.91 Å². The minimum atomic E-state index is -1.25. The maximum absolute atomic E-state index is 13.1. The standard InChI is InChI=1S/C16H13ClFN5O3/c1-22-14(12(6-19-22)16(25)26)15(24)21-11-5-20-23(8-11)7-9-2-3-10(18)4-13(9)17/h2-6,8H,7H2,1H3,(H,21,24)(H,25,26). The van der Waals surface area contributed by atoms with Crippen LogP contribution in [-0.2, 0) is 13.6 Å². The van der Waals surface area contributed by atoms with Crippen molar-refractivity contribution in [3.8, 4) is 0 Å². The average molecular weight is 378 g/mol. The first kappa shape index (κ1) is 17.6. The highest BCUT2D eigenvalue weighted by Gasteiger charge is 2.22. The molecule has 3 rings (SSSR count). The maximum Gasteiger partial charge on any atom is 0.339 e. The van der Waals surface area contributed by atoms with Gasteiger partial charge in [0, 0.05) is 18.3 Å². The minimum absolute atomic E-state index is 0.0770. The molecule has 0 atom stereocenters. The molecule has 0 fully saturated rings. The third-order valence-corrected chi connectivity index (χ3v) is 3.97. The number of anilines is 1. The van der Waals surface area contributed by atoms with E-state index in [0.29, 0.717) is 11.3 Å². The zero-order chi connectivity index (χ0) is 18.8. The van der Waals surface area contributed by atoms with Gasteiger partial charge in [-0.1, -0.05) is 17.7 Å². The van der Waals surface area contributed by atoms with Gasteiger partial charge in [-0.15, -0.1) is 0 Å². The number of amides is 1. The molecule has 0 aliphatic carbocycles. The first-order chi connectivity index (χ1) is 12.3. The molecule has 0 radical (unpaired) electrons. The van der Waals surface area contributed by atoms with E-state index in [1.54, 1.807) is 12.3 Å². The van der Waals surface area contributed by atoms with Crippen LogP contribution in [0, 0.1) is 5.82 Å². The Labute approximate surface area is 151 Å². The van der Waals surface area contributed by atoms with E-state index in [1.807, 2.05) is 0 Å². The summed E-state index contributed by atoms with van der Waals surface area (Å²) in [6.07, 6.45) is 4.07. The van der Waals surface area contributed by atoms with Crippen LogP contribution in [0.3, 0.4) is 0 Å². The molecule has 0 unspecified atom stereocenters. The van der Waals surface area contributed by atoms with Crippen molar-refractivity contribution in [1.29, 1.82) is 0 Å². The second-order valence-electron chi connectivity index (χ2n) is 5.45. The van der Waals surface area contributed by atoms with Gasteiger partial charge in [-0.3, -0.25) is 14.2 Å². The van der Waals surface area contributed by atoms with Crippen LogP contribution in [0.15, 0.2) is 36.8 Å². The second-order valence-corrected chi connectivity index (χ2v) is 5.86. The predicted molar refractivity (Wildman–Crippen MR) is 90.9 cm³/mol. The molecule has 2 aromatic heterocycles. The molecule has 3 aromatic rings. The third kappa shape index (κ3) is 3.57. The van der Waals surface area contributed by atoms with Crippen molar-refractivity contribution >= 4 is 29.2 Å². The lowest BCUT2D eigenvalue weighted by Gasteiger charge is -2.05. The fraction of sp³-hybridized carbons (Fsp3) is 0.125. The summed E-state index contributed by atoms with van der Waals surface area (Å²) < 4.78 is 15.8. The SMILES string of the molecule is Cn1ncc(C(=O)O)c1C(=O)Nc1cnn(Cc2ccc(F)cc2Cl)c1. The highest BCUT2D eigenvalue weighted by molar-refractivity contribution is 6.31. The number of halogens is 2. The Balaban J connectivity index is 1.75. The Morgan fingerprint density at radius 1 is 1.31 bits per heavy atom. The molecule has 0 spiro atoms. The quantitative estimate of drug-likeness (QED) is 0.710. The first-order valence-corrected chi connectivity index (χ1v) is 7.76. The lowest BCUT2D eigenvalue weighted by molar-refractivity contribution is 0.0692. The van der Waals surface area contributed by atoms with Gasteiger partial charge in [-0.2, -0.15) is 10.2 Å². The van der Waals surface area contributed by atoms with E-state index >= 15 is 0 Å². The monoisotopic (exact) mass is 377 g/mol. The van der Waals surface area contributed by atoms with Crippen LogP contribution in [0.2, 0.25) is 5.02 Å². The summed E-state index contributed by atoms with van der Waals surface area (Å²) in [4.78, 5) is 23.5. The summed E-state index contributed by atoms with van der Waals surface area (Å²) in [5.74, 6) is -2.30. The van der Waals surface area contributed by atoms with Crippen LogP contribution in [0.1, 0.15) is 26.4 Å². The molecule has 1 aromatic carbocycles. The number of hydrogen-bond donors (Lipinski definition) is 2. The van der Waals surface area contributed by atoms with Crippen molar-refractivity contribution in [1.82, 2.24) is 19.6 Å². The number of nitrogens with one attached hydrogen (secondary N) is 1. The normalized spacial score (nSPS) is 10.7. The van der Waals surface area contributed by atoms with Crippen LogP contribution in [0.4, 0.5) is 10.1 Å². The Morgan fingerprint density at radius 2 is 2.08 bits per heavy atom. The molecule has 0 bridgehead atoms. The summed E-state index contributed by atoms with van der Waals surface area (Å²) in [6, 6.07) is 4.05. The smallest absolute Gasteiger partial charge is 0.339 e. The minimum Gasteiger partial charge on any atom is -0.478 e. The lowest BCUT2D eigenvalue weighted by Crippen LogP contribution is -2.19. The van der Waals surface area contributed by atoms with Gasteiger partial charge < -0.3 is 10.4 Å². The van der Waals surface area contributed by atoms with Gasteiger partial charge in [0.05, 0.1) is 24.6 Å². The molecular formula is C16H13ClFN5O3. The number of carbonyl (C=O) groups is 2. The Bertz CT molecular complexity index is 998. The Kier molecular flexibility index (Phi) is 4.72. The van der Waals surface area contributed by atoms with Crippen molar-refractivity contribution in [2.45, 2.75) is 6.54 Å². The Morgan fingerprint density at radius 3 is 2.77 bits per heavy atom. The molecule has 134 valence electrons. The number of aryl methyl sites for hydroxylation is 1. The predicted octanol–water partition coefficient (Wildman–Crippen LogP) is 2.41. The molecule has 1 amide bonds. The number of carboxylic acid groups (broad SMARTS) is 1. The van der Waals surface area contributed by atoms with Crippen molar-refractivity contribution < 1.29 is 19.1 Å². The lowest BCUT2D eigenvalue weighted by atomic mass is 10.2. The molecule has 2 N–H and O–H groups in total. The van der Waals surface area contributed by atoms with Crippen LogP contribution >= 0.6 is 11.6 Å². The fourth-order valence-electron chi connectivity index (χ4n) is 2.39. The molecular weight excluding hydrogens is 365 g/mol. The summed E-state index contributed by atoms with van der Waals surface area (Å²) in [7, 11) is 1.47. The molecule has 10 heteroatoms. The van der Waals surface area contributed by atoms with Crippen molar-refractivity contribution in [3.05, 3.63) is 64.5 Å². The average Bonchev–Trinajstić information content (AvgIpc) is 3.16. The van der Waals surface area contributed by atoms with Crippen LogP contribution in [0.5, 0.6) is 0 Å². The van der Waals surface area contributed by atoms with Crippen LogP contribution < -0.4 is 5.32 Å².